The highest BCUT2D eigenvalue weighted by Crippen LogP contribution is 1.75. The molecule has 0 bridgehead atoms. The van der Waals surface area contributed by atoms with Gasteiger partial charge in [0.05, 0.1) is 0 Å². The van der Waals surface area contributed by atoms with Gasteiger partial charge in [0.2, 0.25) is 0 Å². The molecule has 0 unspecified atom stereocenters. The van der Waals surface area contributed by atoms with Crippen LogP contribution >= 0.6 is 0 Å². The molecule has 0 radical (unpaired) electrons. The van der Waals surface area contributed by atoms with Gasteiger partial charge in [0.15, 0.2) is 0 Å². The van der Waals surface area contributed by atoms with Gasteiger partial charge in [0.1, 0.15) is 6.33 Å². The summed E-state index contributed by atoms with van der Waals surface area (Å²) in [7, 11) is 0. The van der Waals surface area contributed by atoms with Gasteiger partial charge in [0.25, 0.3) is 0 Å². The van der Waals surface area contributed by atoms with Gasteiger partial charge < -0.3 is 0 Å². The van der Waals surface area contributed by atoms with E-state index in [1.807, 2.05) is 54.6 Å². The molecule has 0 N–H and O–H groups in total. The zero-order valence-electron chi connectivity index (χ0n) is 13.2. The minimum atomic E-state index is 1.50. The van der Waals surface area contributed by atoms with Crippen LogP contribution in [0.15, 0.2) is 117 Å². The van der Waals surface area contributed by atoms with Gasteiger partial charge in [-0.3, -0.25) is 15.0 Å². The summed E-state index contributed by atoms with van der Waals surface area (Å²) in [4.78, 5) is 18.7. The van der Waals surface area contributed by atoms with Crippen LogP contribution in [0.4, 0.5) is 0 Å². The van der Waals surface area contributed by atoms with E-state index in [1.165, 1.54) is 6.33 Å². The lowest BCUT2D eigenvalue weighted by atomic mass is 10.5. The summed E-state index contributed by atoms with van der Waals surface area (Å²) >= 11 is 0. The van der Waals surface area contributed by atoms with Crippen molar-refractivity contribution >= 4 is 0 Å². The molecule has 24 heavy (non-hydrogen) atoms. The van der Waals surface area contributed by atoms with Crippen LogP contribution in [0.25, 0.3) is 0 Å². The summed E-state index contributed by atoms with van der Waals surface area (Å²) in [5.74, 6) is 0. The van der Waals surface area contributed by atoms with Crippen molar-refractivity contribution < 1.29 is 0 Å². The molecule has 0 aliphatic rings. The lowest BCUT2D eigenvalue weighted by molar-refractivity contribution is 1.17. The number of rotatable bonds is 0. The highest BCUT2D eigenvalue weighted by atomic mass is 14.8. The quantitative estimate of drug-likeness (QED) is 0.494. The van der Waals surface area contributed by atoms with Crippen molar-refractivity contribution in [2.45, 2.75) is 0 Å². The molecule has 0 atom stereocenters. The first kappa shape index (κ1) is 18.6. The fraction of sp³-hybridized carbons (Fsp3) is 0. The van der Waals surface area contributed by atoms with Gasteiger partial charge in [-0.05, 0) is 42.5 Å². The van der Waals surface area contributed by atoms with Crippen LogP contribution in [-0.2, 0) is 0 Å². The molecule has 5 nitrogen and oxygen atoms in total. The van der Waals surface area contributed by atoms with Crippen molar-refractivity contribution in [3.05, 3.63) is 117 Å². The number of hydrogen-bond acceptors (Lipinski definition) is 5. The van der Waals surface area contributed by atoms with E-state index in [0.717, 1.165) is 0 Å². The zero-order chi connectivity index (χ0) is 17.0. The first-order valence-electron chi connectivity index (χ1n) is 7.25. The van der Waals surface area contributed by atoms with E-state index >= 15 is 0 Å². The largest absolute Gasteiger partial charge is 0.265 e. The molecule has 0 saturated heterocycles. The number of nitrogens with zero attached hydrogens (tertiary/aromatic N) is 5. The van der Waals surface area contributed by atoms with Crippen LogP contribution in [0.2, 0.25) is 0 Å². The van der Waals surface area contributed by atoms with E-state index in [4.69, 9.17) is 0 Å². The van der Waals surface area contributed by atoms with Gasteiger partial charge in [-0.15, -0.1) is 0 Å². The Labute approximate surface area is 142 Å². The predicted octanol–water partition coefficient (Wildman–Crippen LogP) is 3.72. The maximum atomic E-state index is 3.78. The SMILES string of the molecule is c1ccncc1.c1ccncc1.c1ccncc1.c1cncnc1. The summed E-state index contributed by atoms with van der Waals surface area (Å²) in [5, 5.41) is 0. The molecule has 0 saturated carbocycles. The molecule has 120 valence electrons. The predicted molar refractivity (Wildman–Crippen MR) is 94.7 cm³/mol. The summed E-state index contributed by atoms with van der Waals surface area (Å²) in [6.45, 7) is 0. The highest BCUT2D eigenvalue weighted by molar-refractivity contribution is 4.89. The second kappa shape index (κ2) is 15.9. The minimum Gasteiger partial charge on any atom is -0.265 e. The van der Waals surface area contributed by atoms with Crippen LogP contribution in [0.3, 0.4) is 0 Å². The second-order valence-corrected chi connectivity index (χ2v) is 3.98. The normalized spacial score (nSPS) is 8.00. The van der Waals surface area contributed by atoms with Crippen LogP contribution in [0.1, 0.15) is 0 Å². The molecule has 0 spiro atoms. The van der Waals surface area contributed by atoms with E-state index in [1.54, 1.807) is 55.6 Å². The minimum absolute atomic E-state index is 1.50. The molecule has 4 aromatic rings. The van der Waals surface area contributed by atoms with Gasteiger partial charge in [0, 0.05) is 49.6 Å². The molecule has 0 amide bonds. The molecule has 0 fully saturated rings. The van der Waals surface area contributed by atoms with Crippen molar-refractivity contribution in [1.82, 2.24) is 24.9 Å². The van der Waals surface area contributed by atoms with E-state index in [2.05, 4.69) is 24.9 Å². The Morgan fingerprint density at radius 2 is 0.542 bits per heavy atom. The maximum Gasteiger partial charge on any atom is 0.115 e. The lowest BCUT2D eigenvalue weighted by Crippen LogP contribution is -1.66. The Morgan fingerprint density at radius 3 is 0.625 bits per heavy atom. The Hall–Kier alpha value is -3.47. The van der Waals surface area contributed by atoms with Crippen LogP contribution in [-0.4, -0.2) is 24.9 Å². The molecule has 4 heterocycles. The average Bonchev–Trinajstić information content (AvgIpc) is 2.75. The number of pyridine rings is 3. The smallest absolute Gasteiger partial charge is 0.115 e. The Kier molecular flexibility index (Phi) is 12.3. The third kappa shape index (κ3) is 13.5. The zero-order valence-corrected chi connectivity index (χ0v) is 13.2. The van der Waals surface area contributed by atoms with Gasteiger partial charge in [-0.25, -0.2) is 9.97 Å². The molecule has 0 aliphatic heterocycles. The Bertz CT molecular complexity index is 432. The van der Waals surface area contributed by atoms with Crippen LogP contribution in [0.5, 0.6) is 0 Å². The summed E-state index contributed by atoms with van der Waals surface area (Å²) in [6.07, 6.45) is 15.4. The standard InChI is InChI=1S/3C5H5N.C4H4N2/c3*1-2-4-6-5-3-1;1-2-5-4-6-3-1/h3*1-5H;1-4H. The van der Waals surface area contributed by atoms with Crippen molar-refractivity contribution in [2.24, 2.45) is 0 Å². The number of hydrogen-bond donors (Lipinski definition) is 0. The van der Waals surface area contributed by atoms with E-state index in [9.17, 15) is 0 Å². The fourth-order valence-electron chi connectivity index (χ4n) is 1.19. The molecule has 4 aromatic heterocycles. The molecule has 5 heteroatoms. The van der Waals surface area contributed by atoms with E-state index in [0.29, 0.717) is 0 Å². The topological polar surface area (TPSA) is 64.5 Å². The second-order valence-electron chi connectivity index (χ2n) is 3.98. The average molecular weight is 317 g/mol. The first-order valence-corrected chi connectivity index (χ1v) is 7.25. The van der Waals surface area contributed by atoms with Crippen molar-refractivity contribution in [3.8, 4) is 0 Å². The lowest BCUT2D eigenvalue weighted by Gasteiger charge is -1.70. The molecular weight excluding hydrogens is 298 g/mol. The summed E-state index contributed by atoms with van der Waals surface area (Å²) < 4.78 is 0. The third-order valence-corrected chi connectivity index (χ3v) is 2.18. The van der Waals surface area contributed by atoms with E-state index < -0.39 is 0 Å². The van der Waals surface area contributed by atoms with Crippen molar-refractivity contribution in [1.29, 1.82) is 0 Å². The Balaban J connectivity index is 0.000000160. The van der Waals surface area contributed by atoms with Crippen LogP contribution < -0.4 is 0 Å². The highest BCUT2D eigenvalue weighted by Gasteiger charge is 1.60. The van der Waals surface area contributed by atoms with Crippen molar-refractivity contribution in [3.63, 3.8) is 0 Å². The van der Waals surface area contributed by atoms with Gasteiger partial charge in [-0.1, -0.05) is 18.2 Å². The molecule has 0 aromatic carbocycles. The first-order chi connectivity index (χ1) is 12.0. The van der Waals surface area contributed by atoms with Gasteiger partial charge >= 0.3 is 0 Å². The summed E-state index contributed by atoms with van der Waals surface area (Å²) in [5.41, 5.74) is 0. The third-order valence-electron chi connectivity index (χ3n) is 2.18. The monoisotopic (exact) mass is 317 g/mol. The summed E-state index contributed by atoms with van der Waals surface area (Å²) in [6, 6.07) is 18.9. The van der Waals surface area contributed by atoms with E-state index in [-0.39, 0.29) is 0 Å². The van der Waals surface area contributed by atoms with Gasteiger partial charge in [-0.2, -0.15) is 0 Å². The maximum absolute atomic E-state index is 3.78. The Morgan fingerprint density at radius 1 is 0.250 bits per heavy atom. The molecular formula is C19H19N5. The fourth-order valence-corrected chi connectivity index (χ4v) is 1.19. The molecule has 4 rings (SSSR count). The number of aromatic nitrogens is 5. The van der Waals surface area contributed by atoms with Crippen molar-refractivity contribution in [2.75, 3.05) is 0 Å². The molecule has 0 aliphatic carbocycles. The van der Waals surface area contributed by atoms with Crippen LogP contribution in [0, 0.1) is 0 Å².